The summed E-state index contributed by atoms with van der Waals surface area (Å²) in [4.78, 5) is 4.55. The summed E-state index contributed by atoms with van der Waals surface area (Å²) in [7, 11) is 1.65. The van der Waals surface area contributed by atoms with Crippen LogP contribution < -0.4 is 5.59 Å². The van der Waals surface area contributed by atoms with Crippen molar-refractivity contribution in [3.63, 3.8) is 0 Å². The molecule has 5 heteroatoms. The van der Waals surface area contributed by atoms with Crippen molar-refractivity contribution in [2.75, 3.05) is 0 Å². The topological polar surface area (TPSA) is 36.3 Å². The number of hydrogen-bond acceptors (Lipinski definition) is 3. The summed E-state index contributed by atoms with van der Waals surface area (Å²) in [6.45, 7) is 10.3. The molecule has 17 heavy (non-hydrogen) atoms. The lowest BCUT2D eigenvalue weighted by molar-refractivity contribution is 0.00578. The van der Waals surface area contributed by atoms with Crippen molar-refractivity contribution in [3.8, 4) is 0 Å². The first-order valence-corrected chi connectivity index (χ1v) is 6.14. The van der Waals surface area contributed by atoms with E-state index in [0.717, 1.165) is 17.8 Å². The van der Waals surface area contributed by atoms with Crippen molar-refractivity contribution < 1.29 is 9.31 Å². The Morgan fingerprint density at radius 1 is 1.24 bits per heavy atom. The van der Waals surface area contributed by atoms with E-state index in [1.807, 2.05) is 17.8 Å². The molecule has 0 aliphatic carbocycles. The first-order chi connectivity index (χ1) is 7.77. The predicted molar refractivity (Wildman–Crippen MR) is 68.3 cm³/mol. The van der Waals surface area contributed by atoms with Gasteiger partial charge in [-0.05, 0) is 27.7 Å². The highest BCUT2D eigenvalue weighted by molar-refractivity contribution is 6.61. The molecular formula is C12H21BN2O2. The van der Waals surface area contributed by atoms with Crippen LogP contribution in [0.4, 0.5) is 0 Å². The molecule has 0 saturated carbocycles. The van der Waals surface area contributed by atoms with Crippen molar-refractivity contribution in [2.24, 2.45) is 7.05 Å². The fraction of sp³-hybridized carbons (Fsp3) is 0.750. The number of aryl methyl sites for hydroxylation is 2. The first kappa shape index (κ1) is 12.6. The molecule has 94 valence electrons. The van der Waals surface area contributed by atoms with Crippen LogP contribution in [-0.2, 0) is 22.8 Å². The molecule has 0 N–H and O–H groups in total. The number of rotatable bonds is 2. The normalized spacial score (nSPS) is 22.1. The van der Waals surface area contributed by atoms with E-state index < -0.39 is 0 Å². The highest BCUT2D eigenvalue weighted by atomic mass is 16.7. The molecule has 1 aliphatic heterocycles. The molecule has 0 bridgehead atoms. The van der Waals surface area contributed by atoms with Gasteiger partial charge in [0, 0.05) is 19.7 Å². The molecule has 1 saturated heterocycles. The number of imidazole rings is 1. The minimum Gasteiger partial charge on any atom is -0.398 e. The van der Waals surface area contributed by atoms with Crippen molar-refractivity contribution in [1.29, 1.82) is 0 Å². The SMILES string of the molecule is CCc1nc(B2OC(C)(C)C(C)(C)O2)cn1C. The molecule has 0 atom stereocenters. The standard InChI is InChI=1S/C12H21BN2O2/c1-7-10-14-9(8-15(10)6)13-16-11(2,3)12(4,5)17-13/h8H,7H2,1-6H3. The van der Waals surface area contributed by atoms with Crippen molar-refractivity contribution in [2.45, 2.75) is 52.2 Å². The molecule has 1 aromatic heterocycles. The van der Waals surface area contributed by atoms with Gasteiger partial charge in [0.25, 0.3) is 0 Å². The van der Waals surface area contributed by atoms with Crippen LogP contribution in [0.5, 0.6) is 0 Å². The average molecular weight is 236 g/mol. The molecule has 1 aromatic rings. The third-order valence-electron chi connectivity index (χ3n) is 3.80. The van der Waals surface area contributed by atoms with Crippen LogP contribution in [0.25, 0.3) is 0 Å². The van der Waals surface area contributed by atoms with Crippen LogP contribution in [-0.4, -0.2) is 27.9 Å². The molecule has 0 radical (unpaired) electrons. The highest BCUT2D eigenvalue weighted by Gasteiger charge is 2.52. The Morgan fingerprint density at radius 3 is 2.18 bits per heavy atom. The second kappa shape index (κ2) is 3.85. The third-order valence-corrected chi connectivity index (χ3v) is 3.80. The van der Waals surface area contributed by atoms with Gasteiger partial charge in [0.05, 0.1) is 16.8 Å². The Balaban J connectivity index is 2.26. The van der Waals surface area contributed by atoms with E-state index in [9.17, 15) is 0 Å². The Morgan fingerprint density at radius 2 is 1.76 bits per heavy atom. The summed E-state index contributed by atoms with van der Waals surface area (Å²) in [6, 6.07) is 0. The molecule has 0 amide bonds. The number of hydrogen-bond donors (Lipinski definition) is 0. The quantitative estimate of drug-likeness (QED) is 0.726. The van der Waals surface area contributed by atoms with Gasteiger partial charge in [-0.15, -0.1) is 0 Å². The van der Waals surface area contributed by atoms with Gasteiger partial charge in [0.1, 0.15) is 5.82 Å². The molecule has 2 rings (SSSR count). The lowest BCUT2D eigenvalue weighted by Gasteiger charge is -2.32. The molecule has 2 heterocycles. The minimum absolute atomic E-state index is 0.304. The van der Waals surface area contributed by atoms with E-state index in [4.69, 9.17) is 9.31 Å². The van der Waals surface area contributed by atoms with Crippen molar-refractivity contribution in [3.05, 3.63) is 12.0 Å². The van der Waals surface area contributed by atoms with Crippen LogP contribution in [0.1, 0.15) is 40.4 Å². The zero-order valence-corrected chi connectivity index (χ0v) is 11.6. The van der Waals surface area contributed by atoms with Crippen LogP contribution in [0.3, 0.4) is 0 Å². The number of aromatic nitrogens is 2. The largest absolute Gasteiger partial charge is 0.516 e. The Hall–Kier alpha value is -0.805. The monoisotopic (exact) mass is 236 g/mol. The summed E-state index contributed by atoms with van der Waals surface area (Å²) in [6.07, 6.45) is 2.90. The fourth-order valence-electron chi connectivity index (χ4n) is 1.94. The molecule has 0 unspecified atom stereocenters. The van der Waals surface area contributed by atoms with E-state index in [1.165, 1.54) is 0 Å². The fourth-order valence-corrected chi connectivity index (χ4v) is 1.94. The maximum atomic E-state index is 5.96. The Labute approximate surface area is 103 Å². The molecule has 0 aromatic carbocycles. The van der Waals surface area contributed by atoms with Gasteiger partial charge in [-0.3, -0.25) is 0 Å². The molecule has 1 aliphatic rings. The van der Waals surface area contributed by atoms with Gasteiger partial charge >= 0.3 is 7.12 Å². The van der Waals surface area contributed by atoms with Crippen LogP contribution in [0.15, 0.2) is 6.20 Å². The second-order valence-corrected chi connectivity index (χ2v) is 5.63. The van der Waals surface area contributed by atoms with E-state index in [0.29, 0.717) is 0 Å². The Bertz CT molecular complexity index is 410. The predicted octanol–water partition coefficient (Wildman–Crippen LogP) is 1.28. The highest BCUT2D eigenvalue weighted by Crippen LogP contribution is 2.36. The maximum Gasteiger partial charge on any atom is 0.516 e. The summed E-state index contributed by atoms with van der Waals surface area (Å²) in [5.41, 5.74) is 0.256. The molecule has 4 nitrogen and oxygen atoms in total. The van der Waals surface area contributed by atoms with Gasteiger partial charge < -0.3 is 13.9 Å². The summed E-state index contributed by atoms with van der Waals surface area (Å²) in [5, 5.41) is 0. The molecule has 1 fully saturated rings. The van der Waals surface area contributed by atoms with Gasteiger partial charge in [0.15, 0.2) is 0 Å². The van der Waals surface area contributed by atoms with Crippen LogP contribution in [0.2, 0.25) is 0 Å². The zero-order valence-electron chi connectivity index (χ0n) is 11.6. The van der Waals surface area contributed by atoms with Crippen LogP contribution >= 0.6 is 0 Å². The minimum atomic E-state index is -0.355. The van der Waals surface area contributed by atoms with Gasteiger partial charge in [-0.1, -0.05) is 6.92 Å². The van der Waals surface area contributed by atoms with Gasteiger partial charge in [-0.25, -0.2) is 4.98 Å². The maximum absolute atomic E-state index is 5.96. The zero-order chi connectivity index (χ0) is 12.8. The van der Waals surface area contributed by atoms with E-state index in [-0.39, 0.29) is 18.3 Å². The second-order valence-electron chi connectivity index (χ2n) is 5.63. The van der Waals surface area contributed by atoms with E-state index in [1.54, 1.807) is 0 Å². The smallest absolute Gasteiger partial charge is 0.398 e. The van der Waals surface area contributed by atoms with Gasteiger partial charge in [0.2, 0.25) is 0 Å². The lowest BCUT2D eigenvalue weighted by atomic mass is 9.86. The average Bonchev–Trinajstić information content (AvgIpc) is 2.66. The van der Waals surface area contributed by atoms with E-state index >= 15 is 0 Å². The summed E-state index contributed by atoms with van der Waals surface area (Å²) >= 11 is 0. The molecular weight excluding hydrogens is 215 g/mol. The summed E-state index contributed by atoms with van der Waals surface area (Å²) < 4.78 is 14.0. The third kappa shape index (κ3) is 2.02. The lowest BCUT2D eigenvalue weighted by Crippen LogP contribution is -2.41. The van der Waals surface area contributed by atoms with Crippen LogP contribution in [0, 0.1) is 0 Å². The summed E-state index contributed by atoms with van der Waals surface area (Å²) in [5.74, 6) is 1.05. The first-order valence-electron chi connectivity index (χ1n) is 6.14. The Kier molecular flexibility index (Phi) is 2.87. The molecule has 0 spiro atoms. The van der Waals surface area contributed by atoms with Crippen molar-refractivity contribution in [1.82, 2.24) is 9.55 Å². The number of nitrogens with zero attached hydrogens (tertiary/aromatic N) is 2. The van der Waals surface area contributed by atoms with Gasteiger partial charge in [-0.2, -0.15) is 0 Å². The van der Waals surface area contributed by atoms with Crippen molar-refractivity contribution >= 4 is 12.7 Å². The van der Waals surface area contributed by atoms with E-state index in [2.05, 4.69) is 39.6 Å².